The highest BCUT2D eigenvalue weighted by molar-refractivity contribution is 7.99. The molecule has 0 radical (unpaired) electrons. The largest absolute Gasteiger partial charge is 0.379 e. The normalized spacial score (nSPS) is 17.8. The first-order valence-electron chi connectivity index (χ1n) is 7.07. The summed E-state index contributed by atoms with van der Waals surface area (Å²) >= 11 is 3.32. The first kappa shape index (κ1) is 14.1. The van der Waals surface area contributed by atoms with Gasteiger partial charge in [0, 0.05) is 36.2 Å². The molecule has 1 N–H and O–H groups in total. The lowest BCUT2D eigenvalue weighted by Crippen LogP contribution is -2.38. The van der Waals surface area contributed by atoms with Gasteiger partial charge in [-0.3, -0.25) is 4.90 Å². The van der Waals surface area contributed by atoms with Gasteiger partial charge in [-0.2, -0.15) is 0 Å². The minimum atomic E-state index is 0.0454. The van der Waals surface area contributed by atoms with E-state index in [4.69, 9.17) is 4.74 Å². The molecule has 8 heteroatoms. The van der Waals surface area contributed by atoms with E-state index in [9.17, 15) is 0 Å². The van der Waals surface area contributed by atoms with Crippen LogP contribution in [-0.2, 0) is 4.74 Å². The molecule has 6 nitrogen and oxygen atoms in total. The summed E-state index contributed by atoms with van der Waals surface area (Å²) in [6.45, 7) is 3.25. The van der Waals surface area contributed by atoms with E-state index < -0.39 is 0 Å². The van der Waals surface area contributed by atoms with Crippen molar-refractivity contribution in [3.05, 3.63) is 35.0 Å². The summed E-state index contributed by atoms with van der Waals surface area (Å²) in [5.74, 6) is 0.813. The fourth-order valence-corrected chi connectivity index (χ4v) is 4.24. The van der Waals surface area contributed by atoms with Crippen molar-refractivity contribution in [2.75, 3.05) is 26.3 Å². The maximum absolute atomic E-state index is 5.46. The fourth-order valence-electron chi connectivity index (χ4n) is 2.43. The van der Waals surface area contributed by atoms with Crippen LogP contribution in [0.2, 0.25) is 0 Å². The molecule has 1 saturated heterocycles. The van der Waals surface area contributed by atoms with Crippen molar-refractivity contribution in [1.29, 1.82) is 0 Å². The van der Waals surface area contributed by atoms with Gasteiger partial charge in [0.1, 0.15) is 10.9 Å². The number of imidazole rings is 1. The third-order valence-electron chi connectivity index (χ3n) is 3.51. The smallest absolute Gasteiger partial charge is 0.168 e. The molecule has 1 aliphatic rings. The number of H-pyrrole nitrogens is 1. The highest BCUT2D eigenvalue weighted by atomic mass is 32.2. The maximum atomic E-state index is 5.46. The third-order valence-corrected chi connectivity index (χ3v) is 5.39. The number of hydrogen-bond acceptors (Lipinski definition) is 7. The van der Waals surface area contributed by atoms with Gasteiger partial charge in [0.15, 0.2) is 11.0 Å². The zero-order valence-electron chi connectivity index (χ0n) is 11.8. The Bertz CT molecular complexity index is 709. The predicted molar refractivity (Wildman–Crippen MR) is 87.0 cm³/mol. The second kappa shape index (κ2) is 6.33. The molecule has 1 fully saturated rings. The molecule has 114 valence electrons. The number of nitrogens with zero attached hydrogens (tertiary/aromatic N) is 4. The van der Waals surface area contributed by atoms with Gasteiger partial charge in [0.05, 0.1) is 18.7 Å². The summed E-state index contributed by atoms with van der Waals surface area (Å²) in [6, 6.07) is 1.84. The van der Waals surface area contributed by atoms with E-state index in [0.717, 1.165) is 48.3 Å². The molecule has 0 aromatic carbocycles. The van der Waals surface area contributed by atoms with Gasteiger partial charge >= 0.3 is 0 Å². The Labute approximate surface area is 135 Å². The summed E-state index contributed by atoms with van der Waals surface area (Å²) in [4.78, 5) is 19.2. The van der Waals surface area contributed by atoms with Gasteiger partial charge in [0.25, 0.3) is 0 Å². The van der Waals surface area contributed by atoms with Crippen LogP contribution in [-0.4, -0.2) is 51.1 Å². The summed E-state index contributed by atoms with van der Waals surface area (Å²) in [6.07, 6.45) is 3.58. The van der Waals surface area contributed by atoms with Crippen molar-refractivity contribution in [3.8, 4) is 0 Å². The molecule has 22 heavy (non-hydrogen) atoms. The maximum Gasteiger partial charge on any atom is 0.168 e. The molecule has 0 bridgehead atoms. The van der Waals surface area contributed by atoms with Crippen LogP contribution in [0.5, 0.6) is 0 Å². The number of thioether (sulfide) groups is 1. The number of fused-ring (bicyclic) bond motifs is 1. The van der Waals surface area contributed by atoms with E-state index in [2.05, 4.69) is 35.6 Å². The van der Waals surface area contributed by atoms with Crippen molar-refractivity contribution >= 4 is 34.1 Å². The molecular weight excluding hydrogens is 318 g/mol. The molecular formula is C14H15N5OS2. The number of rotatable bonds is 4. The minimum Gasteiger partial charge on any atom is -0.379 e. The minimum absolute atomic E-state index is 0.0454. The van der Waals surface area contributed by atoms with Crippen molar-refractivity contribution in [3.63, 3.8) is 0 Å². The fraction of sp³-hybridized carbons (Fsp3) is 0.357. The summed E-state index contributed by atoms with van der Waals surface area (Å²) in [5, 5.41) is 5.08. The average Bonchev–Trinajstić information content (AvgIpc) is 3.15. The molecule has 0 aliphatic carbocycles. The van der Waals surface area contributed by atoms with Crippen LogP contribution in [0.3, 0.4) is 0 Å². The molecule has 1 aliphatic heterocycles. The molecule has 3 aromatic rings. The summed E-state index contributed by atoms with van der Waals surface area (Å²) in [5.41, 5.74) is 2.10. The molecule has 1 atom stereocenters. The molecule has 0 spiro atoms. The van der Waals surface area contributed by atoms with Gasteiger partial charge in [-0.15, -0.1) is 11.3 Å². The molecule has 4 rings (SSSR count). The van der Waals surface area contributed by atoms with Crippen LogP contribution < -0.4 is 0 Å². The zero-order valence-corrected chi connectivity index (χ0v) is 13.4. The Kier molecular flexibility index (Phi) is 4.07. The number of ether oxygens (including phenoxy) is 1. The SMILES string of the molecule is c1cnc(C(Sc2nc3cscc3[nH]2)N2CCOCC2)nc1. The summed E-state index contributed by atoms with van der Waals surface area (Å²) < 4.78 is 5.46. The van der Waals surface area contributed by atoms with Crippen LogP contribution in [0.25, 0.3) is 11.0 Å². The van der Waals surface area contributed by atoms with Crippen LogP contribution in [0.4, 0.5) is 0 Å². The van der Waals surface area contributed by atoms with Gasteiger partial charge in [-0.05, 0) is 6.07 Å². The Morgan fingerprint density at radius 1 is 1.23 bits per heavy atom. The lowest BCUT2D eigenvalue weighted by molar-refractivity contribution is 0.0311. The predicted octanol–water partition coefficient (Wildman–Crippen LogP) is 2.54. The number of hydrogen-bond donors (Lipinski definition) is 1. The van der Waals surface area contributed by atoms with Crippen molar-refractivity contribution in [2.45, 2.75) is 10.5 Å². The Balaban J connectivity index is 1.62. The zero-order chi connectivity index (χ0) is 14.8. The van der Waals surface area contributed by atoms with Crippen LogP contribution in [0.1, 0.15) is 11.2 Å². The van der Waals surface area contributed by atoms with Crippen molar-refractivity contribution in [2.24, 2.45) is 0 Å². The quantitative estimate of drug-likeness (QED) is 0.740. The van der Waals surface area contributed by atoms with E-state index in [0.29, 0.717) is 0 Å². The van der Waals surface area contributed by atoms with Crippen molar-refractivity contribution in [1.82, 2.24) is 24.8 Å². The second-order valence-electron chi connectivity index (χ2n) is 4.94. The number of morpholine rings is 1. The number of nitrogens with one attached hydrogen (secondary N) is 1. The van der Waals surface area contributed by atoms with Gasteiger partial charge in [-0.1, -0.05) is 11.8 Å². The van der Waals surface area contributed by atoms with E-state index in [1.54, 1.807) is 35.5 Å². The Hall–Kier alpha value is -1.48. The molecule has 0 amide bonds. The van der Waals surface area contributed by atoms with E-state index in [-0.39, 0.29) is 5.37 Å². The van der Waals surface area contributed by atoms with Crippen LogP contribution in [0, 0.1) is 0 Å². The third kappa shape index (κ3) is 2.87. The number of thiophene rings is 1. The standard InChI is InChI=1S/C14H15N5OS2/c1-2-15-12(16-3-1)13(19-4-6-20-7-5-19)22-14-17-10-8-21-9-11(10)18-14/h1-3,8-9,13H,4-7H2,(H,17,18). The Morgan fingerprint density at radius 2 is 2.05 bits per heavy atom. The van der Waals surface area contributed by atoms with Gasteiger partial charge in [0.2, 0.25) is 0 Å². The van der Waals surface area contributed by atoms with Crippen molar-refractivity contribution < 1.29 is 4.74 Å². The van der Waals surface area contributed by atoms with Gasteiger partial charge < -0.3 is 9.72 Å². The second-order valence-corrected chi connectivity index (χ2v) is 6.75. The molecule has 1 unspecified atom stereocenters. The van der Waals surface area contributed by atoms with Gasteiger partial charge in [-0.25, -0.2) is 15.0 Å². The molecule has 4 heterocycles. The summed E-state index contributed by atoms with van der Waals surface area (Å²) in [7, 11) is 0. The lowest BCUT2D eigenvalue weighted by atomic mass is 10.4. The van der Waals surface area contributed by atoms with E-state index in [1.807, 2.05) is 6.07 Å². The first-order valence-corrected chi connectivity index (χ1v) is 8.90. The highest BCUT2D eigenvalue weighted by Crippen LogP contribution is 2.36. The van der Waals surface area contributed by atoms with E-state index >= 15 is 0 Å². The molecule has 0 saturated carbocycles. The number of aromatic nitrogens is 4. The highest BCUT2D eigenvalue weighted by Gasteiger charge is 2.27. The monoisotopic (exact) mass is 333 g/mol. The average molecular weight is 333 g/mol. The van der Waals surface area contributed by atoms with Crippen LogP contribution in [0.15, 0.2) is 34.4 Å². The van der Waals surface area contributed by atoms with Crippen LogP contribution >= 0.6 is 23.1 Å². The number of aromatic amines is 1. The lowest BCUT2D eigenvalue weighted by Gasteiger charge is -2.32. The Morgan fingerprint density at radius 3 is 2.82 bits per heavy atom. The molecule has 3 aromatic heterocycles. The van der Waals surface area contributed by atoms with E-state index in [1.165, 1.54) is 0 Å². The first-order chi connectivity index (χ1) is 10.9. The topological polar surface area (TPSA) is 66.9 Å².